The third kappa shape index (κ3) is 3.57. The van der Waals surface area contributed by atoms with Gasteiger partial charge in [0.15, 0.2) is 12.4 Å². The van der Waals surface area contributed by atoms with Crippen molar-refractivity contribution in [2.75, 3.05) is 6.54 Å². The minimum Gasteiger partial charge on any atom is -0.619 e. The number of sulfonamides is 1. The average molecular weight is 454 g/mol. The lowest BCUT2D eigenvalue weighted by Gasteiger charge is -2.28. The molecule has 1 spiro atoms. The minimum atomic E-state index is -3.82. The molecular formula is C23H23N3O5S. The monoisotopic (exact) mass is 453 g/mol. The molecule has 1 N–H and O–H groups in total. The highest BCUT2D eigenvalue weighted by atomic mass is 32.2. The van der Waals surface area contributed by atoms with Gasteiger partial charge in [-0.25, -0.2) is 13.2 Å². The summed E-state index contributed by atoms with van der Waals surface area (Å²) >= 11 is 0. The molecule has 1 aliphatic carbocycles. The van der Waals surface area contributed by atoms with E-state index in [4.69, 9.17) is 4.74 Å². The molecule has 8 nitrogen and oxygen atoms in total. The van der Waals surface area contributed by atoms with Crippen molar-refractivity contribution < 1.29 is 22.7 Å². The number of aromatic nitrogens is 1. The van der Waals surface area contributed by atoms with E-state index >= 15 is 0 Å². The largest absolute Gasteiger partial charge is 0.619 e. The Bertz CT molecular complexity index is 1280. The standard InChI is InChI=1S/C23H23N3O5S/c27-22(31-16-17-5-2-1-3-6-17)24-21-10-14-26(23(21)11-12-23)32(29,30)20-8-4-7-18-15-25(28)13-9-19(18)20/h1-9,13,15,21H,10-12,14,16H2,(H,24,27). The summed E-state index contributed by atoms with van der Waals surface area (Å²) in [7, 11) is -3.82. The first-order chi connectivity index (χ1) is 15.4. The van der Waals surface area contributed by atoms with Crippen molar-refractivity contribution in [3.8, 4) is 0 Å². The summed E-state index contributed by atoms with van der Waals surface area (Å²) in [5.74, 6) is 0. The maximum Gasteiger partial charge on any atom is 0.407 e. The van der Waals surface area contributed by atoms with Crippen molar-refractivity contribution in [2.24, 2.45) is 0 Å². The maximum absolute atomic E-state index is 13.6. The number of carbonyl (C=O) groups is 1. The summed E-state index contributed by atoms with van der Waals surface area (Å²) in [6, 6.07) is 15.5. The second-order valence-corrected chi connectivity index (χ2v) is 10.1. The number of nitrogens with one attached hydrogen (secondary N) is 1. The van der Waals surface area contributed by atoms with Crippen molar-refractivity contribution in [1.82, 2.24) is 9.62 Å². The molecule has 2 aromatic carbocycles. The third-order valence-corrected chi connectivity index (χ3v) is 8.39. The van der Waals surface area contributed by atoms with Gasteiger partial charge in [-0.05, 0) is 37.0 Å². The number of pyridine rings is 1. The van der Waals surface area contributed by atoms with Crippen LogP contribution in [0.25, 0.3) is 10.8 Å². The Kier molecular flexibility index (Phi) is 5.02. The molecule has 0 bridgehead atoms. The maximum atomic E-state index is 13.6. The molecule has 1 aliphatic heterocycles. The van der Waals surface area contributed by atoms with E-state index in [1.54, 1.807) is 18.2 Å². The van der Waals surface area contributed by atoms with Gasteiger partial charge < -0.3 is 15.3 Å². The molecule has 2 aliphatic rings. The first-order valence-electron chi connectivity index (χ1n) is 10.5. The van der Waals surface area contributed by atoms with Crippen LogP contribution >= 0.6 is 0 Å². The minimum absolute atomic E-state index is 0.157. The molecule has 1 saturated carbocycles. The topological polar surface area (TPSA) is 103 Å². The van der Waals surface area contributed by atoms with E-state index in [2.05, 4.69) is 5.32 Å². The molecule has 5 rings (SSSR count). The Balaban J connectivity index is 1.34. The van der Waals surface area contributed by atoms with E-state index in [0.717, 1.165) is 5.56 Å². The summed E-state index contributed by atoms with van der Waals surface area (Å²) in [4.78, 5) is 12.6. The fourth-order valence-electron chi connectivity index (χ4n) is 4.63. The van der Waals surface area contributed by atoms with Crippen molar-refractivity contribution in [2.45, 2.75) is 42.3 Å². The summed E-state index contributed by atoms with van der Waals surface area (Å²) in [5.41, 5.74) is 0.259. The number of amides is 1. The average Bonchev–Trinajstić information content (AvgIpc) is 3.50. The predicted octanol–water partition coefficient (Wildman–Crippen LogP) is 2.70. The van der Waals surface area contributed by atoms with Crippen LogP contribution in [0.15, 0.2) is 71.9 Å². The Morgan fingerprint density at radius 1 is 1.16 bits per heavy atom. The number of fused-ring (bicyclic) bond motifs is 1. The molecule has 1 saturated heterocycles. The van der Waals surface area contributed by atoms with E-state index < -0.39 is 21.7 Å². The molecule has 1 aromatic heterocycles. The Morgan fingerprint density at radius 3 is 2.69 bits per heavy atom. The lowest BCUT2D eigenvalue weighted by atomic mass is 10.1. The van der Waals surface area contributed by atoms with Crippen LogP contribution in [-0.2, 0) is 21.4 Å². The highest BCUT2D eigenvalue weighted by Gasteiger charge is 2.62. The zero-order chi connectivity index (χ0) is 22.3. The van der Waals surface area contributed by atoms with Crippen molar-refractivity contribution in [1.29, 1.82) is 0 Å². The number of hydrogen-bond acceptors (Lipinski definition) is 5. The van der Waals surface area contributed by atoms with E-state index in [1.807, 2.05) is 30.3 Å². The lowest BCUT2D eigenvalue weighted by Crippen LogP contribution is -2.48. The number of alkyl carbamates (subject to hydrolysis) is 1. The van der Waals surface area contributed by atoms with E-state index in [9.17, 15) is 18.4 Å². The SMILES string of the molecule is O=C(NC1CCN(S(=O)(=O)c2cccc3c[n+]([O-])ccc23)C12CC2)OCc1ccccc1. The fraction of sp³-hybridized carbons (Fsp3) is 0.304. The molecule has 2 fully saturated rings. The third-order valence-electron chi connectivity index (χ3n) is 6.36. The van der Waals surface area contributed by atoms with Crippen LogP contribution in [0.3, 0.4) is 0 Å². The fourth-order valence-corrected chi connectivity index (χ4v) is 6.72. The van der Waals surface area contributed by atoms with Crippen LogP contribution in [0.5, 0.6) is 0 Å². The van der Waals surface area contributed by atoms with Gasteiger partial charge in [0.1, 0.15) is 6.61 Å². The Hall–Kier alpha value is -3.17. The van der Waals surface area contributed by atoms with Crippen LogP contribution in [0.2, 0.25) is 0 Å². The number of nitrogens with zero attached hydrogens (tertiary/aromatic N) is 2. The molecular weight excluding hydrogens is 430 g/mol. The molecule has 1 amide bonds. The van der Waals surface area contributed by atoms with Gasteiger partial charge >= 0.3 is 6.09 Å². The number of carbonyl (C=O) groups excluding carboxylic acids is 1. The highest BCUT2D eigenvalue weighted by molar-refractivity contribution is 7.89. The molecule has 166 valence electrons. The van der Waals surface area contributed by atoms with E-state index in [-0.39, 0.29) is 17.5 Å². The van der Waals surface area contributed by atoms with Gasteiger partial charge in [-0.3, -0.25) is 0 Å². The van der Waals surface area contributed by atoms with Gasteiger partial charge in [-0.15, -0.1) is 0 Å². The first kappa shape index (κ1) is 20.7. The summed E-state index contributed by atoms with van der Waals surface area (Å²) in [5, 5.41) is 15.6. The molecule has 1 atom stereocenters. The second-order valence-electron chi connectivity index (χ2n) is 8.29. The van der Waals surface area contributed by atoms with Crippen LogP contribution in [-0.4, -0.2) is 36.9 Å². The molecule has 0 radical (unpaired) electrons. The number of ether oxygens (including phenoxy) is 1. The van der Waals surface area contributed by atoms with Gasteiger partial charge in [0.25, 0.3) is 0 Å². The van der Waals surface area contributed by atoms with Gasteiger partial charge in [0.2, 0.25) is 10.0 Å². The van der Waals surface area contributed by atoms with Gasteiger partial charge in [0.05, 0.1) is 16.5 Å². The summed E-state index contributed by atoms with van der Waals surface area (Å²) in [6.07, 6.45) is 3.99. The summed E-state index contributed by atoms with van der Waals surface area (Å²) in [6.45, 7) is 0.473. The van der Waals surface area contributed by atoms with Crippen LogP contribution in [0, 0.1) is 5.21 Å². The highest BCUT2D eigenvalue weighted by Crippen LogP contribution is 2.52. The number of hydrogen-bond donors (Lipinski definition) is 1. The second kappa shape index (κ2) is 7.75. The Labute approximate surface area is 186 Å². The van der Waals surface area contributed by atoms with Crippen molar-refractivity contribution in [3.05, 3.63) is 77.8 Å². The van der Waals surface area contributed by atoms with Crippen molar-refractivity contribution in [3.63, 3.8) is 0 Å². The van der Waals surface area contributed by atoms with Crippen LogP contribution in [0.1, 0.15) is 24.8 Å². The molecule has 32 heavy (non-hydrogen) atoms. The molecule has 1 unspecified atom stereocenters. The van der Waals surface area contributed by atoms with Crippen LogP contribution < -0.4 is 10.0 Å². The lowest BCUT2D eigenvalue weighted by molar-refractivity contribution is -0.603. The predicted molar refractivity (Wildman–Crippen MR) is 117 cm³/mol. The normalized spacial score (nSPS) is 19.8. The van der Waals surface area contributed by atoms with E-state index in [1.165, 1.54) is 22.8 Å². The smallest absolute Gasteiger partial charge is 0.407 e. The first-order valence-corrected chi connectivity index (χ1v) is 12.0. The number of benzene rings is 2. The van der Waals surface area contributed by atoms with Crippen LogP contribution in [0.4, 0.5) is 4.79 Å². The van der Waals surface area contributed by atoms with Crippen molar-refractivity contribution >= 4 is 26.9 Å². The summed E-state index contributed by atoms with van der Waals surface area (Å²) < 4.78 is 34.8. The van der Waals surface area contributed by atoms with E-state index in [0.29, 0.717) is 41.3 Å². The molecule has 3 aromatic rings. The number of rotatable bonds is 5. The molecule has 2 heterocycles. The zero-order valence-electron chi connectivity index (χ0n) is 17.3. The molecule has 9 heteroatoms. The van der Waals surface area contributed by atoms with Gasteiger partial charge in [-0.2, -0.15) is 9.04 Å². The van der Waals surface area contributed by atoms with Gasteiger partial charge in [-0.1, -0.05) is 36.4 Å². The quantitative estimate of drug-likeness (QED) is 0.473. The zero-order valence-corrected chi connectivity index (χ0v) is 18.1. The Morgan fingerprint density at radius 2 is 1.94 bits per heavy atom. The van der Waals surface area contributed by atoms with Gasteiger partial charge in [0, 0.05) is 23.4 Å².